The first-order chi connectivity index (χ1) is 31.2. The molecule has 0 saturated carbocycles. The fourth-order valence-electron chi connectivity index (χ4n) is 7.48. The molecule has 0 radical (unpaired) electrons. The van der Waals surface area contributed by atoms with Crippen LogP contribution in [0.3, 0.4) is 0 Å². The molecule has 9 nitrogen and oxygen atoms in total. The van der Waals surface area contributed by atoms with Crippen molar-refractivity contribution in [1.82, 2.24) is 4.90 Å². The highest BCUT2D eigenvalue weighted by molar-refractivity contribution is 5.80. The molecule has 0 aromatic heterocycles. The molecule has 0 heterocycles. The molecule has 64 heavy (non-hydrogen) atoms. The minimum absolute atomic E-state index is 0.141. The van der Waals surface area contributed by atoms with Gasteiger partial charge in [-0.15, -0.1) is 0 Å². The Hall–Kier alpha value is -2.94. The number of allylic oxidation sites excluding steroid dienone is 6. The molecule has 0 rings (SSSR count). The van der Waals surface area contributed by atoms with Gasteiger partial charge in [-0.05, 0) is 123 Å². The van der Waals surface area contributed by atoms with E-state index in [2.05, 4.69) is 62.1 Å². The molecule has 1 unspecified atom stereocenters. The molecule has 1 atom stereocenters. The van der Waals surface area contributed by atoms with E-state index in [0.717, 1.165) is 122 Å². The summed E-state index contributed by atoms with van der Waals surface area (Å²) in [6.45, 7) is 8.82. The molecule has 0 bridgehead atoms. The molecule has 0 aliphatic heterocycles. The lowest BCUT2D eigenvalue weighted by atomic mass is 9.80. The number of unbranched alkanes of at least 4 members (excludes halogenated alkanes) is 21. The van der Waals surface area contributed by atoms with Crippen LogP contribution >= 0.6 is 0 Å². The smallest absolute Gasteiger partial charge is 0.322 e. The van der Waals surface area contributed by atoms with E-state index in [4.69, 9.17) is 18.9 Å². The van der Waals surface area contributed by atoms with Gasteiger partial charge in [0.15, 0.2) is 5.41 Å². The molecule has 0 spiro atoms. The van der Waals surface area contributed by atoms with E-state index in [1.807, 2.05) is 21.0 Å². The molecule has 0 aromatic carbocycles. The summed E-state index contributed by atoms with van der Waals surface area (Å²) in [5.41, 5.74) is -1.70. The zero-order valence-corrected chi connectivity index (χ0v) is 42.4. The monoisotopic (exact) mass is 902 g/mol. The largest absolute Gasteiger partial charge is 0.465 e. The van der Waals surface area contributed by atoms with Gasteiger partial charge < -0.3 is 23.8 Å². The molecule has 0 saturated heterocycles. The van der Waals surface area contributed by atoms with Gasteiger partial charge in [0.2, 0.25) is 0 Å². The lowest BCUT2D eigenvalue weighted by Crippen LogP contribution is -2.53. The van der Waals surface area contributed by atoms with E-state index in [1.54, 1.807) is 0 Å². The molecule has 0 amide bonds. The highest BCUT2D eigenvalue weighted by Gasteiger charge is 2.52. The molecular formula is C55H99NO8. The maximum Gasteiger partial charge on any atom is 0.322 e. The van der Waals surface area contributed by atoms with E-state index in [-0.39, 0.29) is 39.1 Å². The van der Waals surface area contributed by atoms with E-state index in [9.17, 15) is 19.2 Å². The fourth-order valence-corrected chi connectivity index (χ4v) is 7.48. The lowest BCUT2D eigenvalue weighted by molar-refractivity contribution is -0.191. The van der Waals surface area contributed by atoms with Crippen molar-refractivity contribution in [3.8, 4) is 0 Å². The minimum atomic E-state index is -1.70. The molecule has 9 heteroatoms. The van der Waals surface area contributed by atoms with Crippen LogP contribution in [0.4, 0.5) is 0 Å². The van der Waals surface area contributed by atoms with Crippen molar-refractivity contribution in [2.45, 2.75) is 246 Å². The Morgan fingerprint density at radius 1 is 0.438 bits per heavy atom. The molecule has 0 N–H and O–H groups in total. The fraction of sp³-hybridized carbons (Fsp3) is 0.818. The predicted octanol–water partition coefficient (Wildman–Crippen LogP) is 14.7. The summed E-state index contributed by atoms with van der Waals surface area (Å²) in [6, 6.07) is 0. The average Bonchev–Trinajstić information content (AvgIpc) is 3.28. The van der Waals surface area contributed by atoms with Crippen molar-refractivity contribution in [3.63, 3.8) is 0 Å². The average molecular weight is 902 g/mol. The second-order valence-electron chi connectivity index (χ2n) is 18.3. The first kappa shape index (κ1) is 61.1. The Morgan fingerprint density at radius 3 is 1.23 bits per heavy atom. The van der Waals surface area contributed by atoms with Gasteiger partial charge in [0.25, 0.3) is 0 Å². The van der Waals surface area contributed by atoms with Crippen LogP contribution in [0.15, 0.2) is 36.5 Å². The SMILES string of the molecule is CCCC/C=C\CCCCCCCC(=O)OCC(COC(=O)CCCCCCC/C=C\CCCC)(C(=O)OCCC)C(CCCCC/C=C\CCCC)OC(=O)CCCCCN(C)C. The van der Waals surface area contributed by atoms with E-state index in [0.29, 0.717) is 38.5 Å². The van der Waals surface area contributed by atoms with Crippen molar-refractivity contribution >= 4 is 23.9 Å². The lowest BCUT2D eigenvalue weighted by Gasteiger charge is -2.37. The maximum atomic E-state index is 14.4. The van der Waals surface area contributed by atoms with Crippen LogP contribution in [0.25, 0.3) is 0 Å². The molecule has 0 aliphatic rings. The van der Waals surface area contributed by atoms with Gasteiger partial charge in [-0.25, -0.2) is 0 Å². The second-order valence-corrected chi connectivity index (χ2v) is 18.3. The van der Waals surface area contributed by atoms with Crippen molar-refractivity contribution < 1.29 is 38.1 Å². The highest BCUT2D eigenvalue weighted by Crippen LogP contribution is 2.34. The summed E-state index contributed by atoms with van der Waals surface area (Å²) < 4.78 is 24.0. The van der Waals surface area contributed by atoms with Crippen LogP contribution < -0.4 is 0 Å². The Balaban J connectivity index is 6.06. The molecule has 0 aliphatic carbocycles. The first-order valence-electron chi connectivity index (χ1n) is 26.4. The number of ether oxygens (including phenoxy) is 4. The third-order valence-electron chi connectivity index (χ3n) is 11.7. The first-order valence-corrected chi connectivity index (χ1v) is 26.4. The van der Waals surface area contributed by atoms with Gasteiger partial charge in [-0.3, -0.25) is 19.2 Å². The van der Waals surface area contributed by atoms with Crippen LogP contribution in [0.1, 0.15) is 240 Å². The van der Waals surface area contributed by atoms with Crippen molar-refractivity contribution in [3.05, 3.63) is 36.5 Å². The maximum absolute atomic E-state index is 14.4. The number of rotatable bonds is 46. The van der Waals surface area contributed by atoms with Crippen molar-refractivity contribution in [2.24, 2.45) is 5.41 Å². The number of hydrogen-bond donors (Lipinski definition) is 0. The van der Waals surface area contributed by atoms with Crippen LogP contribution in [0.2, 0.25) is 0 Å². The third-order valence-corrected chi connectivity index (χ3v) is 11.7. The quantitative estimate of drug-likeness (QED) is 0.0255. The zero-order valence-electron chi connectivity index (χ0n) is 42.4. The topological polar surface area (TPSA) is 108 Å². The van der Waals surface area contributed by atoms with Gasteiger partial charge in [-0.2, -0.15) is 0 Å². The van der Waals surface area contributed by atoms with E-state index in [1.165, 1.54) is 38.5 Å². The number of esters is 4. The Morgan fingerprint density at radius 2 is 0.812 bits per heavy atom. The Kier molecular flexibility index (Phi) is 43.1. The number of nitrogens with zero attached hydrogens (tertiary/aromatic N) is 1. The van der Waals surface area contributed by atoms with Gasteiger partial charge in [0.1, 0.15) is 19.3 Å². The van der Waals surface area contributed by atoms with Crippen LogP contribution in [-0.4, -0.2) is 75.3 Å². The Labute approximate surface area is 393 Å². The minimum Gasteiger partial charge on any atom is -0.465 e. The summed E-state index contributed by atoms with van der Waals surface area (Å²) >= 11 is 0. The summed E-state index contributed by atoms with van der Waals surface area (Å²) in [5.74, 6) is -1.91. The van der Waals surface area contributed by atoms with Crippen LogP contribution in [-0.2, 0) is 38.1 Å². The molecule has 0 fully saturated rings. The van der Waals surface area contributed by atoms with Crippen LogP contribution in [0, 0.1) is 5.41 Å². The third kappa shape index (κ3) is 36.3. The van der Waals surface area contributed by atoms with Crippen molar-refractivity contribution in [1.29, 1.82) is 0 Å². The summed E-state index contributed by atoms with van der Waals surface area (Å²) in [5, 5.41) is 0. The number of carbonyl (C=O) groups is 4. The summed E-state index contributed by atoms with van der Waals surface area (Å²) in [7, 11) is 4.06. The Bertz CT molecular complexity index is 1160. The van der Waals surface area contributed by atoms with E-state index < -0.39 is 35.4 Å². The van der Waals surface area contributed by atoms with Gasteiger partial charge >= 0.3 is 23.9 Å². The molecule has 0 aromatic rings. The van der Waals surface area contributed by atoms with Gasteiger partial charge in [-0.1, -0.05) is 154 Å². The van der Waals surface area contributed by atoms with E-state index >= 15 is 0 Å². The summed E-state index contributed by atoms with van der Waals surface area (Å²) in [4.78, 5) is 56.9. The summed E-state index contributed by atoms with van der Waals surface area (Å²) in [6.07, 6.45) is 42.7. The second kappa shape index (κ2) is 45.2. The highest BCUT2D eigenvalue weighted by atomic mass is 16.6. The van der Waals surface area contributed by atoms with Crippen molar-refractivity contribution in [2.75, 3.05) is 40.5 Å². The van der Waals surface area contributed by atoms with Gasteiger partial charge in [0, 0.05) is 19.3 Å². The number of hydrogen-bond acceptors (Lipinski definition) is 9. The predicted molar refractivity (Wildman–Crippen MR) is 266 cm³/mol. The van der Waals surface area contributed by atoms with Crippen LogP contribution in [0.5, 0.6) is 0 Å². The normalized spacial score (nSPS) is 12.5. The molecule has 372 valence electrons. The number of carbonyl (C=O) groups excluding carboxylic acids is 4. The van der Waals surface area contributed by atoms with Gasteiger partial charge in [0.05, 0.1) is 6.61 Å². The standard InChI is InChI=1S/C55H99NO8/c1-7-11-14-17-20-23-25-28-31-34-38-43-51(57)62-48-55(54(60)61-47-10-4,49-63-52(58)44-39-35-32-29-26-24-21-18-15-12-8-2)50(42-37-33-30-27-22-19-16-13-9-3)64-53(59)45-40-36-41-46-56(5)6/h17-22,50H,7-16,23-49H2,1-6H3/b20-17-,21-18-,22-19-. The molecular weight excluding hydrogens is 803 g/mol. The zero-order chi connectivity index (χ0) is 47.2.